The van der Waals surface area contributed by atoms with Gasteiger partial charge in [0.25, 0.3) is 0 Å². The van der Waals surface area contributed by atoms with Gasteiger partial charge >= 0.3 is 0 Å². The van der Waals surface area contributed by atoms with E-state index in [1.165, 1.54) is 0 Å². The van der Waals surface area contributed by atoms with Crippen molar-refractivity contribution >= 4 is 22.7 Å². The maximum atomic E-state index is 4.75. The fraction of sp³-hybridized carbons (Fsp3) is 0.250. The van der Waals surface area contributed by atoms with Gasteiger partial charge in [0.15, 0.2) is 11.6 Å². The van der Waals surface area contributed by atoms with Crippen molar-refractivity contribution in [3.63, 3.8) is 0 Å². The van der Waals surface area contributed by atoms with E-state index in [0.717, 1.165) is 60.4 Å². The van der Waals surface area contributed by atoms with Crippen molar-refractivity contribution in [1.29, 1.82) is 0 Å². The molecule has 1 saturated heterocycles. The summed E-state index contributed by atoms with van der Waals surface area (Å²) in [5.41, 5.74) is 2.81. The number of rotatable bonds is 3. The zero-order valence-electron chi connectivity index (χ0n) is 15.6. The molecule has 28 heavy (non-hydrogen) atoms. The SMILES string of the molecule is Cc1ccn(-c2ccc(N3CCN(c4cnc5ccccc5n4)CC3)nn2)n1. The molecule has 0 atom stereocenters. The number of hydrogen-bond donors (Lipinski definition) is 0. The Morgan fingerprint density at radius 3 is 2.11 bits per heavy atom. The second kappa shape index (κ2) is 6.88. The van der Waals surface area contributed by atoms with Crippen LogP contribution in [0.15, 0.2) is 54.9 Å². The van der Waals surface area contributed by atoms with Crippen LogP contribution in [0.3, 0.4) is 0 Å². The Kier molecular flexibility index (Phi) is 4.08. The minimum Gasteiger partial charge on any atom is -0.352 e. The molecule has 3 aromatic heterocycles. The lowest BCUT2D eigenvalue weighted by Gasteiger charge is -2.35. The molecular formula is C20H20N8. The maximum absolute atomic E-state index is 4.75. The van der Waals surface area contributed by atoms with E-state index in [0.29, 0.717) is 0 Å². The molecule has 0 saturated carbocycles. The second-order valence-electron chi connectivity index (χ2n) is 6.84. The summed E-state index contributed by atoms with van der Waals surface area (Å²) in [5.74, 6) is 2.53. The van der Waals surface area contributed by atoms with Crippen LogP contribution < -0.4 is 9.80 Å². The lowest BCUT2D eigenvalue weighted by Crippen LogP contribution is -2.47. The van der Waals surface area contributed by atoms with Crippen LogP contribution in [0, 0.1) is 6.92 Å². The molecule has 1 aliphatic rings. The molecule has 0 N–H and O–H groups in total. The number of nitrogens with zero attached hydrogens (tertiary/aromatic N) is 8. The summed E-state index contributed by atoms with van der Waals surface area (Å²) in [4.78, 5) is 13.8. The van der Waals surface area contributed by atoms with Crippen LogP contribution in [-0.2, 0) is 0 Å². The zero-order valence-corrected chi connectivity index (χ0v) is 15.6. The zero-order chi connectivity index (χ0) is 18.9. The molecule has 8 heteroatoms. The second-order valence-corrected chi connectivity index (χ2v) is 6.84. The molecule has 4 heterocycles. The summed E-state index contributed by atoms with van der Waals surface area (Å²) in [6.45, 7) is 5.42. The first-order valence-electron chi connectivity index (χ1n) is 9.34. The van der Waals surface area contributed by atoms with Crippen molar-refractivity contribution < 1.29 is 0 Å². The number of aromatic nitrogens is 6. The van der Waals surface area contributed by atoms with E-state index in [1.54, 1.807) is 4.68 Å². The highest BCUT2D eigenvalue weighted by Crippen LogP contribution is 2.19. The minimum absolute atomic E-state index is 0.724. The average molecular weight is 372 g/mol. The van der Waals surface area contributed by atoms with Gasteiger partial charge in [0.05, 0.1) is 22.9 Å². The highest BCUT2D eigenvalue weighted by atomic mass is 15.4. The van der Waals surface area contributed by atoms with E-state index < -0.39 is 0 Å². The lowest BCUT2D eigenvalue weighted by molar-refractivity contribution is 0.636. The van der Waals surface area contributed by atoms with Gasteiger partial charge in [-0.3, -0.25) is 4.98 Å². The maximum Gasteiger partial charge on any atom is 0.175 e. The van der Waals surface area contributed by atoms with E-state index in [-0.39, 0.29) is 0 Å². The van der Waals surface area contributed by atoms with E-state index in [1.807, 2.05) is 61.8 Å². The number of aryl methyl sites for hydroxylation is 1. The van der Waals surface area contributed by atoms with Crippen LogP contribution in [-0.4, -0.2) is 56.1 Å². The van der Waals surface area contributed by atoms with Gasteiger partial charge < -0.3 is 9.80 Å². The van der Waals surface area contributed by atoms with Gasteiger partial charge in [0.1, 0.15) is 5.82 Å². The van der Waals surface area contributed by atoms with Crippen molar-refractivity contribution in [2.24, 2.45) is 0 Å². The predicted molar refractivity (Wildman–Crippen MR) is 108 cm³/mol. The summed E-state index contributed by atoms with van der Waals surface area (Å²) in [6.07, 6.45) is 3.75. The highest BCUT2D eigenvalue weighted by molar-refractivity contribution is 5.75. The Morgan fingerprint density at radius 1 is 0.750 bits per heavy atom. The topological polar surface area (TPSA) is 75.9 Å². The van der Waals surface area contributed by atoms with Crippen molar-refractivity contribution in [3.05, 3.63) is 60.6 Å². The van der Waals surface area contributed by atoms with Crippen LogP contribution in [0.25, 0.3) is 16.9 Å². The van der Waals surface area contributed by atoms with Gasteiger partial charge in [0.2, 0.25) is 0 Å². The first-order valence-corrected chi connectivity index (χ1v) is 9.34. The van der Waals surface area contributed by atoms with Crippen molar-refractivity contribution in [3.8, 4) is 5.82 Å². The van der Waals surface area contributed by atoms with Crippen LogP contribution in [0.5, 0.6) is 0 Å². The van der Waals surface area contributed by atoms with Crippen molar-refractivity contribution in [2.45, 2.75) is 6.92 Å². The number of benzene rings is 1. The molecule has 0 aliphatic carbocycles. The Morgan fingerprint density at radius 2 is 1.43 bits per heavy atom. The fourth-order valence-corrected chi connectivity index (χ4v) is 3.42. The normalized spacial score (nSPS) is 14.6. The fourth-order valence-electron chi connectivity index (χ4n) is 3.42. The Hall–Kier alpha value is -3.55. The minimum atomic E-state index is 0.724. The van der Waals surface area contributed by atoms with Crippen molar-refractivity contribution in [2.75, 3.05) is 36.0 Å². The van der Waals surface area contributed by atoms with Gasteiger partial charge in [-0.2, -0.15) is 5.10 Å². The van der Waals surface area contributed by atoms with Gasteiger partial charge in [-0.05, 0) is 37.3 Å². The largest absolute Gasteiger partial charge is 0.352 e. The molecule has 4 aromatic rings. The van der Waals surface area contributed by atoms with Crippen molar-refractivity contribution in [1.82, 2.24) is 29.9 Å². The first-order chi connectivity index (χ1) is 13.8. The molecule has 0 bridgehead atoms. The molecule has 140 valence electrons. The van der Waals surface area contributed by atoms with Gasteiger partial charge in [-0.15, -0.1) is 10.2 Å². The number of piperazine rings is 1. The van der Waals surface area contributed by atoms with E-state index in [9.17, 15) is 0 Å². The molecule has 1 fully saturated rings. The number of fused-ring (bicyclic) bond motifs is 1. The van der Waals surface area contributed by atoms with Gasteiger partial charge in [-0.1, -0.05) is 12.1 Å². The van der Waals surface area contributed by atoms with E-state index >= 15 is 0 Å². The first kappa shape index (κ1) is 16.6. The van der Waals surface area contributed by atoms with Crippen LogP contribution in [0.2, 0.25) is 0 Å². The smallest absolute Gasteiger partial charge is 0.175 e. The van der Waals surface area contributed by atoms with Gasteiger partial charge in [-0.25, -0.2) is 9.67 Å². The van der Waals surface area contributed by atoms with E-state index in [2.05, 4.69) is 30.1 Å². The van der Waals surface area contributed by atoms with Crippen LogP contribution in [0.1, 0.15) is 5.69 Å². The standard InChI is InChI=1S/C20H20N8/c1-15-8-9-28(25-15)19-7-6-18(23-24-19)26-10-12-27(13-11-26)20-14-21-16-4-2-3-5-17(16)22-20/h2-9,14H,10-13H2,1H3. The summed E-state index contributed by atoms with van der Waals surface area (Å²) < 4.78 is 1.74. The Labute approximate surface area is 162 Å². The quantitative estimate of drug-likeness (QED) is 0.546. The molecule has 1 aromatic carbocycles. The molecule has 5 rings (SSSR count). The molecule has 0 amide bonds. The molecule has 0 unspecified atom stereocenters. The predicted octanol–water partition coefficient (Wildman–Crippen LogP) is 2.24. The van der Waals surface area contributed by atoms with E-state index in [4.69, 9.17) is 4.98 Å². The molecule has 1 aliphatic heterocycles. The summed E-state index contributed by atoms with van der Waals surface area (Å²) >= 11 is 0. The molecule has 0 radical (unpaired) electrons. The third-order valence-corrected chi connectivity index (χ3v) is 4.96. The third-order valence-electron chi connectivity index (χ3n) is 4.96. The monoisotopic (exact) mass is 372 g/mol. The van der Waals surface area contributed by atoms with Crippen LogP contribution >= 0.6 is 0 Å². The highest BCUT2D eigenvalue weighted by Gasteiger charge is 2.20. The van der Waals surface area contributed by atoms with Gasteiger partial charge in [0, 0.05) is 32.4 Å². The van der Waals surface area contributed by atoms with Crippen LogP contribution in [0.4, 0.5) is 11.6 Å². The molecule has 8 nitrogen and oxygen atoms in total. The Balaban J connectivity index is 1.27. The summed E-state index contributed by atoms with van der Waals surface area (Å²) in [6, 6.07) is 13.9. The summed E-state index contributed by atoms with van der Waals surface area (Å²) in [5, 5.41) is 13.1. The molecule has 0 spiro atoms. The summed E-state index contributed by atoms with van der Waals surface area (Å²) in [7, 11) is 0. The average Bonchev–Trinajstić information content (AvgIpc) is 3.20. The number of anilines is 2. The lowest BCUT2D eigenvalue weighted by atomic mass is 10.3. The Bertz CT molecular complexity index is 1100. The third kappa shape index (κ3) is 3.13. The number of hydrogen-bond acceptors (Lipinski definition) is 7. The number of para-hydroxylation sites is 2. The molecular weight excluding hydrogens is 352 g/mol.